The Morgan fingerprint density at radius 3 is 2.56 bits per heavy atom. The van der Waals surface area contributed by atoms with E-state index in [4.69, 9.17) is 13.9 Å². The molecule has 1 saturated heterocycles. The van der Waals surface area contributed by atoms with Crippen molar-refractivity contribution in [2.24, 2.45) is 0 Å². The van der Waals surface area contributed by atoms with E-state index >= 15 is 0 Å². The second-order valence-corrected chi connectivity index (χ2v) is 8.97. The summed E-state index contributed by atoms with van der Waals surface area (Å²) >= 11 is 3.47. The minimum atomic E-state index is -0.671. The third-order valence-corrected chi connectivity index (χ3v) is 6.09. The number of halogens is 1. The highest BCUT2D eigenvalue weighted by Gasteiger charge is 2.34. The molecule has 12 nitrogen and oxygen atoms in total. The normalized spacial score (nSPS) is 13.9. The lowest BCUT2D eigenvalue weighted by Gasteiger charge is -2.15. The molecule has 1 aliphatic rings. The molecule has 0 aliphatic carbocycles. The molecule has 1 fully saturated rings. The third kappa shape index (κ3) is 6.26. The van der Waals surface area contributed by atoms with Gasteiger partial charge in [0.2, 0.25) is 5.76 Å². The molecule has 1 N–H and O–H groups in total. The molecule has 39 heavy (non-hydrogen) atoms. The summed E-state index contributed by atoms with van der Waals surface area (Å²) in [7, 11) is 1.21. The van der Waals surface area contributed by atoms with Crippen molar-refractivity contribution in [3.63, 3.8) is 0 Å². The summed E-state index contributed by atoms with van der Waals surface area (Å²) in [4.78, 5) is 48.4. The number of hydrogen-bond donors (Lipinski definition) is 1. The van der Waals surface area contributed by atoms with Gasteiger partial charge in [0.25, 0.3) is 11.6 Å². The number of non-ortho nitro benzene ring substituents is 1. The Hall–Kier alpha value is -4.65. The standard InChI is InChI=1S/C26H22BrN3O9/c1-3-37-22-12-16(10-19(27)23(22)38-14-15-4-6-17(7-5-15)30(34)35)11-20-24(31)29(26(33)28-20)13-18-8-9-21(39-18)25(32)36-2/h4-12H,3,13-14H2,1-2H3,(H,28,33)/b20-11-. The van der Waals surface area contributed by atoms with Crippen LogP contribution in [0, 0.1) is 10.1 Å². The number of hydrogen-bond acceptors (Lipinski definition) is 9. The number of methoxy groups -OCH3 is 1. The minimum Gasteiger partial charge on any atom is -0.490 e. The smallest absolute Gasteiger partial charge is 0.373 e. The number of imide groups is 1. The number of carbonyl (C=O) groups excluding carboxylic acids is 3. The maximum atomic E-state index is 12.9. The molecule has 13 heteroatoms. The van der Waals surface area contributed by atoms with Gasteiger partial charge in [-0.05, 0) is 76.5 Å². The Bertz CT molecular complexity index is 1460. The first-order chi connectivity index (χ1) is 18.7. The molecule has 1 aliphatic heterocycles. The molecular weight excluding hydrogens is 578 g/mol. The van der Waals surface area contributed by atoms with Crippen LogP contribution in [0.2, 0.25) is 0 Å². The van der Waals surface area contributed by atoms with Crippen LogP contribution in [0.4, 0.5) is 10.5 Å². The van der Waals surface area contributed by atoms with Crippen LogP contribution in [0.3, 0.4) is 0 Å². The Morgan fingerprint density at radius 1 is 1.15 bits per heavy atom. The Morgan fingerprint density at radius 2 is 1.90 bits per heavy atom. The zero-order valence-corrected chi connectivity index (χ0v) is 22.4. The molecule has 0 saturated carbocycles. The van der Waals surface area contributed by atoms with E-state index in [1.807, 2.05) is 0 Å². The molecule has 0 unspecified atom stereocenters. The fourth-order valence-corrected chi connectivity index (χ4v) is 4.23. The van der Waals surface area contributed by atoms with Crippen molar-refractivity contribution in [3.05, 3.63) is 91.5 Å². The monoisotopic (exact) mass is 599 g/mol. The molecule has 0 spiro atoms. The number of benzene rings is 2. The number of rotatable bonds is 10. The van der Waals surface area contributed by atoms with Gasteiger partial charge in [0, 0.05) is 12.1 Å². The second-order valence-electron chi connectivity index (χ2n) is 8.11. The van der Waals surface area contributed by atoms with Gasteiger partial charge in [-0.2, -0.15) is 0 Å². The van der Waals surface area contributed by atoms with Crippen LogP contribution in [0.1, 0.15) is 34.4 Å². The predicted octanol–water partition coefficient (Wildman–Crippen LogP) is 4.81. The Labute approximate surface area is 230 Å². The van der Waals surface area contributed by atoms with Crippen molar-refractivity contribution >= 4 is 45.6 Å². The number of nitrogens with zero attached hydrogens (tertiary/aromatic N) is 2. The van der Waals surface area contributed by atoms with Gasteiger partial charge in [-0.3, -0.25) is 19.8 Å². The lowest BCUT2D eigenvalue weighted by atomic mass is 10.1. The summed E-state index contributed by atoms with van der Waals surface area (Å²) in [6, 6.07) is 11.6. The molecule has 1 aromatic heterocycles. The van der Waals surface area contributed by atoms with E-state index in [0.29, 0.717) is 28.1 Å². The predicted molar refractivity (Wildman–Crippen MR) is 140 cm³/mol. The lowest BCUT2D eigenvalue weighted by Crippen LogP contribution is -2.30. The summed E-state index contributed by atoms with van der Waals surface area (Å²) in [6.07, 6.45) is 1.50. The fraction of sp³-hybridized carbons (Fsp3) is 0.192. The number of urea groups is 1. The highest BCUT2D eigenvalue weighted by molar-refractivity contribution is 9.10. The molecule has 3 aromatic rings. The van der Waals surface area contributed by atoms with Crippen molar-refractivity contribution in [2.75, 3.05) is 13.7 Å². The number of carbonyl (C=O) groups is 3. The number of nitro groups is 1. The van der Waals surface area contributed by atoms with Gasteiger partial charge < -0.3 is 23.9 Å². The molecular formula is C26H22BrN3O9. The van der Waals surface area contributed by atoms with E-state index in [0.717, 1.165) is 10.5 Å². The summed E-state index contributed by atoms with van der Waals surface area (Å²) in [5.41, 5.74) is 1.28. The second kappa shape index (κ2) is 11.8. The van der Waals surface area contributed by atoms with Crippen LogP contribution in [0.15, 0.2) is 63.1 Å². The molecule has 0 atom stereocenters. The van der Waals surface area contributed by atoms with E-state index in [1.165, 1.54) is 37.5 Å². The van der Waals surface area contributed by atoms with Crippen molar-refractivity contribution in [1.29, 1.82) is 0 Å². The first-order valence-corrected chi connectivity index (χ1v) is 12.3. The molecule has 3 amide bonds. The number of nitrogens with one attached hydrogen (secondary N) is 1. The van der Waals surface area contributed by atoms with Crippen LogP contribution in [-0.2, 0) is 22.7 Å². The average molecular weight is 600 g/mol. The molecule has 2 aromatic carbocycles. The number of furan rings is 1. The van der Waals surface area contributed by atoms with Gasteiger partial charge in [-0.1, -0.05) is 0 Å². The maximum absolute atomic E-state index is 12.9. The van der Waals surface area contributed by atoms with Crippen LogP contribution < -0.4 is 14.8 Å². The molecule has 202 valence electrons. The van der Waals surface area contributed by atoms with Gasteiger partial charge in [0.1, 0.15) is 18.1 Å². The van der Waals surface area contributed by atoms with E-state index < -0.39 is 22.8 Å². The number of ether oxygens (including phenoxy) is 3. The minimum absolute atomic E-state index is 0.0189. The first-order valence-electron chi connectivity index (χ1n) is 11.5. The van der Waals surface area contributed by atoms with Crippen molar-refractivity contribution in [2.45, 2.75) is 20.1 Å². The van der Waals surface area contributed by atoms with Gasteiger partial charge in [0.15, 0.2) is 11.5 Å². The van der Waals surface area contributed by atoms with Crippen LogP contribution in [0.5, 0.6) is 11.5 Å². The topological polar surface area (TPSA) is 150 Å². The largest absolute Gasteiger partial charge is 0.490 e. The van der Waals surface area contributed by atoms with E-state index in [-0.39, 0.29) is 36.1 Å². The number of esters is 1. The van der Waals surface area contributed by atoms with Gasteiger partial charge >= 0.3 is 12.0 Å². The molecule has 0 radical (unpaired) electrons. The van der Waals surface area contributed by atoms with Crippen molar-refractivity contribution in [3.8, 4) is 11.5 Å². The molecule has 4 rings (SSSR count). The number of amides is 3. The quantitative estimate of drug-likeness (QED) is 0.114. The summed E-state index contributed by atoms with van der Waals surface area (Å²) in [6.45, 7) is 2.09. The Balaban J connectivity index is 1.51. The SMILES string of the molecule is CCOc1cc(/C=C2\NC(=O)N(Cc3ccc(C(=O)OC)o3)C2=O)cc(Br)c1OCc1ccc([N+](=O)[O-])cc1. The zero-order chi connectivity index (χ0) is 28.1. The molecule has 0 bridgehead atoms. The van der Waals surface area contributed by atoms with Crippen molar-refractivity contribution < 1.29 is 37.9 Å². The summed E-state index contributed by atoms with van der Waals surface area (Å²) in [5, 5.41) is 13.4. The summed E-state index contributed by atoms with van der Waals surface area (Å²) < 4.78 is 22.1. The van der Waals surface area contributed by atoms with Gasteiger partial charge in [-0.25, -0.2) is 9.59 Å². The Kier molecular flexibility index (Phi) is 8.30. The van der Waals surface area contributed by atoms with Gasteiger partial charge in [-0.15, -0.1) is 0 Å². The van der Waals surface area contributed by atoms with E-state index in [1.54, 1.807) is 31.2 Å². The van der Waals surface area contributed by atoms with Crippen LogP contribution >= 0.6 is 15.9 Å². The first kappa shape index (κ1) is 27.4. The number of nitro benzene ring substituents is 1. The fourth-order valence-electron chi connectivity index (χ4n) is 3.65. The zero-order valence-electron chi connectivity index (χ0n) is 20.8. The molecule has 2 heterocycles. The van der Waals surface area contributed by atoms with Crippen molar-refractivity contribution in [1.82, 2.24) is 10.2 Å². The van der Waals surface area contributed by atoms with E-state index in [2.05, 4.69) is 26.0 Å². The maximum Gasteiger partial charge on any atom is 0.373 e. The summed E-state index contributed by atoms with van der Waals surface area (Å²) in [5.74, 6) is -0.269. The van der Waals surface area contributed by atoms with Crippen LogP contribution in [0.25, 0.3) is 6.08 Å². The lowest BCUT2D eigenvalue weighted by molar-refractivity contribution is -0.384. The highest BCUT2D eigenvalue weighted by atomic mass is 79.9. The van der Waals surface area contributed by atoms with Gasteiger partial charge in [0.05, 0.1) is 29.7 Å². The third-order valence-electron chi connectivity index (χ3n) is 5.50. The highest BCUT2D eigenvalue weighted by Crippen LogP contribution is 2.38. The van der Waals surface area contributed by atoms with E-state index in [9.17, 15) is 24.5 Å². The average Bonchev–Trinajstić information content (AvgIpc) is 3.48. The van der Waals surface area contributed by atoms with Crippen LogP contribution in [-0.4, -0.2) is 41.4 Å².